The second-order valence-corrected chi connectivity index (χ2v) is 17.4. The number of halogens is 3. The molecule has 3 aromatic carbocycles. The van der Waals surface area contributed by atoms with Gasteiger partial charge in [0, 0.05) is 92.4 Å². The Morgan fingerprint density at radius 1 is 0.847 bits per heavy atom. The van der Waals surface area contributed by atoms with E-state index in [0.29, 0.717) is 55.1 Å². The third kappa shape index (κ3) is 6.96. The Bertz CT molecular complexity index is 2260. The van der Waals surface area contributed by atoms with Gasteiger partial charge in [-0.25, -0.2) is 4.85 Å². The van der Waals surface area contributed by atoms with Crippen molar-refractivity contribution in [2.45, 2.75) is 83.2 Å². The lowest BCUT2D eigenvalue weighted by atomic mass is 9.76. The number of piperidine rings is 3. The van der Waals surface area contributed by atoms with E-state index < -0.39 is 29.5 Å². The smallest absolute Gasteiger partial charge is 0.371 e. The summed E-state index contributed by atoms with van der Waals surface area (Å²) in [6.45, 7) is 14.0. The maximum atomic E-state index is 13.7. The highest BCUT2D eigenvalue weighted by Crippen LogP contribution is 2.47. The number of ketones is 2. The van der Waals surface area contributed by atoms with Crippen LogP contribution in [0.5, 0.6) is 0 Å². The predicted octanol–water partition coefficient (Wildman–Crippen LogP) is 6.81. The fourth-order valence-electron chi connectivity index (χ4n) is 10.7. The lowest BCUT2D eigenvalue weighted by Crippen LogP contribution is -2.46. The SMILES string of the molecule is [C-]#[N+]c1ccc(N2CC3(CCN(c4ccc(C(=O)N5CCC(N6Cc7cc8c(cc7C6)C(=O)C(C6CCC(=O)NC6=O)C8=O)CC5)cc4)CC3)C[C@@H]2C)cc1C(F)(F)F. The van der Waals surface area contributed by atoms with Gasteiger partial charge in [-0.3, -0.25) is 34.2 Å². The number of amides is 3. The minimum absolute atomic E-state index is 0.00512. The van der Waals surface area contributed by atoms with Crippen molar-refractivity contribution < 1.29 is 37.1 Å². The first kappa shape index (κ1) is 38.9. The van der Waals surface area contributed by atoms with Gasteiger partial charge in [0.1, 0.15) is 0 Å². The first-order chi connectivity index (χ1) is 28.2. The maximum Gasteiger partial charge on any atom is 0.407 e. The van der Waals surface area contributed by atoms with Gasteiger partial charge in [0.2, 0.25) is 11.8 Å². The van der Waals surface area contributed by atoms with E-state index in [1.54, 1.807) is 6.07 Å². The first-order valence-corrected chi connectivity index (χ1v) is 20.5. The normalized spacial score (nSPS) is 23.8. The van der Waals surface area contributed by atoms with E-state index in [1.165, 1.54) is 6.07 Å². The standard InChI is InChI=1S/C45H45F3N6O5/c1-26-22-44(25-54(26)32-7-9-37(49-2)36(21-32)45(46,47)48)13-17-51(18-14-44)30-5-3-27(4-6-30)43(59)52-15-11-31(12-16-52)53-23-28-19-34-35(20-29(28)24-53)41(57)39(40(34)56)33-8-10-38(55)50-42(33)58/h3-7,9,19-21,26,31,33,39H,8,10-18,22-25H2,1H3,(H,50,55,58)/t26-,33?/m0/s1. The second-order valence-electron chi connectivity index (χ2n) is 17.4. The lowest BCUT2D eigenvalue weighted by Gasteiger charge is -2.40. The van der Waals surface area contributed by atoms with Crippen molar-refractivity contribution in [2.24, 2.45) is 17.3 Å². The maximum absolute atomic E-state index is 13.7. The van der Waals surface area contributed by atoms with Gasteiger partial charge in [0.25, 0.3) is 5.91 Å². The number of alkyl halides is 3. The number of carbonyl (C=O) groups excluding carboxylic acids is 5. The summed E-state index contributed by atoms with van der Waals surface area (Å²) in [6, 6.07) is 15.8. The number of fused-ring (bicyclic) bond motifs is 2. The molecule has 3 aromatic rings. The van der Waals surface area contributed by atoms with Gasteiger partial charge in [0.15, 0.2) is 17.3 Å². The van der Waals surface area contributed by atoms with Crippen molar-refractivity contribution in [1.29, 1.82) is 0 Å². The van der Waals surface area contributed by atoms with Crippen LogP contribution in [0.25, 0.3) is 4.85 Å². The molecule has 11 nitrogen and oxygen atoms in total. The van der Waals surface area contributed by atoms with Gasteiger partial charge >= 0.3 is 6.18 Å². The van der Waals surface area contributed by atoms with Gasteiger partial charge < -0.3 is 14.7 Å². The third-order valence-electron chi connectivity index (χ3n) is 13.9. The molecule has 5 heterocycles. The molecule has 3 amide bonds. The second kappa shape index (κ2) is 14.6. The molecule has 1 spiro atoms. The summed E-state index contributed by atoms with van der Waals surface area (Å²) in [5.41, 5.74) is 3.65. The van der Waals surface area contributed by atoms with Gasteiger partial charge in [-0.15, -0.1) is 0 Å². The first-order valence-electron chi connectivity index (χ1n) is 20.5. The highest BCUT2D eigenvalue weighted by molar-refractivity contribution is 6.28. The molecule has 0 bridgehead atoms. The number of hydrogen-bond donors (Lipinski definition) is 1. The molecule has 6 aliphatic rings. The number of rotatable bonds is 5. The van der Waals surface area contributed by atoms with Crippen LogP contribution in [-0.4, -0.2) is 83.9 Å². The van der Waals surface area contributed by atoms with Crippen molar-refractivity contribution in [3.05, 3.63) is 99.4 Å². The molecule has 14 heteroatoms. The van der Waals surface area contributed by atoms with Crippen LogP contribution in [0.2, 0.25) is 0 Å². The van der Waals surface area contributed by atoms with Crippen LogP contribution in [-0.2, 0) is 28.9 Å². The van der Waals surface area contributed by atoms with Crippen LogP contribution < -0.4 is 15.1 Å². The van der Waals surface area contributed by atoms with Crippen LogP contribution in [0.3, 0.4) is 0 Å². The number of likely N-dealkylation sites (tertiary alicyclic amines) is 1. The van der Waals surface area contributed by atoms with Gasteiger partial charge in [0.05, 0.1) is 24.0 Å². The van der Waals surface area contributed by atoms with E-state index in [-0.39, 0.29) is 59.4 Å². The zero-order chi connectivity index (χ0) is 41.4. The van der Waals surface area contributed by atoms with Gasteiger partial charge in [-0.2, -0.15) is 13.2 Å². The van der Waals surface area contributed by atoms with Crippen molar-refractivity contribution >= 4 is 46.4 Å². The number of Topliss-reactive ketones (excluding diaryl/α,β-unsaturated/α-hetero) is 2. The van der Waals surface area contributed by atoms with E-state index in [2.05, 4.69) is 31.8 Å². The largest absolute Gasteiger partial charge is 0.407 e. The average Bonchev–Trinajstić information content (AvgIpc) is 3.87. The van der Waals surface area contributed by atoms with Crippen molar-refractivity contribution in [2.75, 3.05) is 42.5 Å². The summed E-state index contributed by atoms with van der Waals surface area (Å²) in [5.74, 6) is -3.52. The number of imide groups is 1. The molecule has 5 aliphatic heterocycles. The number of hydrogen-bond acceptors (Lipinski definition) is 8. The molecule has 4 fully saturated rings. The Morgan fingerprint density at radius 3 is 2.07 bits per heavy atom. The monoisotopic (exact) mass is 806 g/mol. The van der Waals surface area contributed by atoms with E-state index in [1.807, 2.05) is 41.3 Å². The Balaban J connectivity index is 0.768. The third-order valence-corrected chi connectivity index (χ3v) is 13.9. The van der Waals surface area contributed by atoms with Crippen molar-refractivity contribution in [3.63, 3.8) is 0 Å². The molecule has 0 saturated carbocycles. The molecular formula is C45H45F3N6O5. The van der Waals surface area contributed by atoms with Crippen LogP contribution in [0.1, 0.15) is 99.6 Å². The molecule has 2 atom stereocenters. The lowest BCUT2D eigenvalue weighted by molar-refractivity contribution is -0.138. The molecule has 59 heavy (non-hydrogen) atoms. The molecule has 0 radical (unpaired) electrons. The minimum atomic E-state index is -4.59. The van der Waals surface area contributed by atoms with Crippen LogP contribution in [0.4, 0.5) is 30.2 Å². The number of carbonyl (C=O) groups is 5. The predicted molar refractivity (Wildman–Crippen MR) is 212 cm³/mol. The van der Waals surface area contributed by atoms with E-state index >= 15 is 0 Å². The van der Waals surface area contributed by atoms with Crippen LogP contribution >= 0.6 is 0 Å². The van der Waals surface area contributed by atoms with E-state index in [4.69, 9.17) is 6.57 Å². The Labute approximate surface area is 340 Å². The van der Waals surface area contributed by atoms with E-state index in [0.717, 1.165) is 68.1 Å². The van der Waals surface area contributed by atoms with Gasteiger partial charge in [-0.1, -0.05) is 6.07 Å². The summed E-state index contributed by atoms with van der Waals surface area (Å²) in [7, 11) is 0. The number of benzene rings is 3. The zero-order valence-electron chi connectivity index (χ0n) is 32.8. The molecule has 4 saturated heterocycles. The molecule has 0 aromatic heterocycles. The summed E-state index contributed by atoms with van der Waals surface area (Å²) < 4.78 is 41.1. The highest BCUT2D eigenvalue weighted by atomic mass is 19.4. The summed E-state index contributed by atoms with van der Waals surface area (Å²) in [4.78, 5) is 76.3. The zero-order valence-corrected chi connectivity index (χ0v) is 32.8. The molecule has 1 aliphatic carbocycles. The number of nitrogens with zero attached hydrogens (tertiary/aromatic N) is 5. The Hall–Kier alpha value is -5.55. The van der Waals surface area contributed by atoms with Crippen molar-refractivity contribution in [1.82, 2.24) is 15.1 Å². The van der Waals surface area contributed by atoms with Crippen molar-refractivity contribution in [3.8, 4) is 0 Å². The molecule has 1 unspecified atom stereocenters. The molecule has 9 rings (SSSR count). The topological polar surface area (TPSA) is 115 Å². The summed E-state index contributed by atoms with van der Waals surface area (Å²) >= 11 is 0. The Morgan fingerprint density at radius 2 is 1.47 bits per heavy atom. The molecule has 1 N–H and O–H groups in total. The highest BCUT2D eigenvalue weighted by Gasteiger charge is 2.49. The molecular weight excluding hydrogens is 762 g/mol. The van der Waals surface area contributed by atoms with Crippen LogP contribution in [0.15, 0.2) is 54.6 Å². The number of nitrogens with one attached hydrogen (secondary N) is 1. The average molecular weight is 807 g/mol. The summed E-state index contributed by atoms with van der Waals surface area (Å²) in [6.07, 6.45) is 0.0111. The fourth-order valence-corrected chi connectivity index (χ4v) is 10.7. The minimum Gasteiger partial charge on any atom is -0.371 e. The Kier molecular flexibility index (Phi) is 9.65. The number of anilines is 2. The molecule has 306 valence electrons. The fraction of sp³-hybridized carbons (Fsp3) is 0.467. The van der Waals surface area contributed by atoms with Gasteiger partial charge in [-0.05, 0) is 111 Å². The van der Waals surface area contributed by atoms with Crippen LogP contribution in [0, 0.1) is 23.8 Å². The van der Waals surface area contributed by atoms with E-state index in [9.17, 15) is 37.1 Å². The summed E-state index contributed by atoms with van der Waals surface area (Å²) in [5, 5.41) is 2.27. The quantitative estimate of drug-likeness (QED) is 0.170.